The first kappa shape index (κ1) is 16.2. The van der Waals surface area contributed by atoms with Crippen LogP contribution in [0, 0.1) is 0 Å². The van der Waals surface area contributed by atoms with Crippen LogP contribution in [0.15, 0.2) is 36.5 Å². The third-order valence-corrected chi connectivity index (χ3v) is 4.54. The number of fused-ring (bicyclic) bond motifs is 1. The van der Waals surface area contributed by atoms with Crippen molar-refractivity contribution >= 4 is 17.6 Å². The first-order valence-corrected chi connectivity index (χ1v) is 8.02. The average Bonchev–Trinajstić information content (AvgIpc) is 2.55. The van der Waals surface area contributed by atoms with E-state index in [1.54, 1.807) is 12.3 Å². The normalized spacial score (nSPS) is 16.2. The van der Waals surface area contributed by atoms with Gasteiger partial charge in [-0.1, -0.05) is 26.0 Å². The summed E-state index contributed by atoms with van der Waals surface area (Å²) in [5.74, 6) is -0.0468. The van der Waals surface area contributed by atoms with Gasteiger partial charge in [-0.05, 0) is 59.7 Å². The van der Waals surface area contributed by atoms with Crippen LogP contribution >= 0.6 is 0 Å². The summed E-state index contributed by atoms with van der Waals surface area (Å²) in [4.78, 5) is 14.8. The summed E-state index contributed by atoms with van der Waals surface area (Å²) < 4.78 is 5.76. The Kier molecular flexibility index (Phi) is 4.14. The van der Waals surface area contributed by atoms with E-state index in [2.05, 4.69) is 31.0 Å². The topological polar surface area (TPSA) is 59.4 Å². The lowest BCUT2D eigenvalue weighted by molar-refractivity contribution is 0.0690. The summed E-state index contributed by atoms with van der Waals surface area (Å²) in [6, 6.07) is 9.58. The van der Waals surface area contributed by atoms with Crippen LogP contribution in [0.2, 0.25) is 0 Å². The molecular weight excluding hydrogens is 302 g/mol. The van der Waals surface area contributed by atoms with E-state index in [-0.39, 0.29) is 11.1 Å². The Morgan fingerprint density at radius 2 is 2.08 bits per heavy atom. The van der Waals surface area contributed by atoms with Crippen LogP contribution in [0.25, 0.3) is 11.6 Å². The van der Waals surface area contributed by atoms with E-state index in [9.17, 15) is 4.79 Å². The van der Waals surface area contributed by atoms with Crippen molar-refractivity contribution in [3.63, 3.8) is 0 Å². The number of benzene rings is 1. The van der Waals surface area contributed by atoms with Crippen molar-refractivity contribution in [3.8, 4) is 5.75 Å². The van der Waals surface area contributed by atoms with Crippen LogP contribution in [0.1, 0.15) is 54.4 Å². The molecule has 1 N–H and O–H groups in total. The Labute approximate surface area is 141 Å². The lowest BCUT2D eigenvalue weighted by Crippen LogP contribution is -2.26. The van der Waals surface area contributed by atoms with Crippen LogP contribution in [0.5, 0.6) is 5.75 Å². The lowest BCUT2D eigenvalue weighted by Gasteiger charge is -2.32. The number of hydrogen-bond donors (Lipinski definition) is 1. The molecular formula is C20H21NO3. The van der Waals surface area contributed by atoms with Crippen molar-refractivity contribution in [1.82, 2.24) is 4.98 Å². The van der Waals surface area contributed by atoms with Gasteiger partial charge >= 0.3 is 5.97 Å². The summed E-state index contributed by atoms with van der Waals surface area (Å²) >= 11 is 0. The van der Waals surface area contributed by atoms with Gasteiger partial charge in [0, 0.05) is 11.8 Å². The van der Waals surface area contributed by atoms with Gasteiger partial charge in [-0.15, -0.1) is 0 Å². The number of hydrogen-bond acceptors (Lipinski definition) is 3. The fraction of sp³-hybridized carbons (Fsp3) is 0.300. The standard InChI is InChI=1S/C20H21NO3/c1-13(10-14-4-6-17(19(22)23)21-12-14)15-5-7-18-16(11-15)20(2,3)8-9-24-18/h4-7,10-12H,8-9H2,1-3H3,(H,22,23)/b13-10+. The van der Waals surface area contributed by atoms with E-state index < -0.39 is 5.97 Å². The minimum absolute atomic E-state index is 0.0532. The van der Waals surface area contributed by atoms with Crippen LogP contribution < -0.4 is 4.74 Å². The molecule has 0 amide bonds. The second-order valence-electron chi connectivity index (χ2n) is 6.80. The van der Waals surface area contributed by atoms with E-state index in [1.807, 2.05) is 19.1 Å². The minimum atomic E-state index is -1.01. The Morgan fingerprint density at radius 3 is 2.75 bits per heavy atom. The molecule has 0 aliphatic carbocycles. The van der Waals surface area contributed by atoms with E-state index >= 15 is 0 Å². The number of pyridine rings is 1. The Morgan fingerprint density at radius 1 is 1.29 bits per heavy atom. The molecule has 1 aromatic heterocycles. The van der Waals surface area contributed by atoms with Crippen molar-refractivity contribution in [3.05, 3.63) is 58.9 Å². The van der Waals surface area contributed by atoms with Crippen LogP contribution in [0.3, 0.4) is 0 Å². The molecule has 1 aromatic carbocycles. The fourth-order valence-corrected chi connectivity index (χ4v) is 2.93. The summed E-state index contributed by atoms with van der Waals surface area (Å²) in [6.45, 7) is 7.29. The number of carboxylic acid groups (broad SMARTS) is 1. The van der Waals surface area contributed by atoms with Gasteiger partial charge in [0.1, 0.15) is 11.4 Å². The van der Waals surface area contributed by atoms with Crippen molar-refractivity contribution in [2.24, 2.45) is 0 Å². The van der Waals surface area contributed by atoms with Crippen molar-refractivity contribution in [2.45, 2.75) is 32.6 Å². The highest BCUT2D eigenvalue weighted by atomic mass is 16.5. The number of aromatic carboxylic acids is 1. The zero-order valence-electron chi connectivity index (χ0n) is 14.2. The first-order valence-electron chi connectivity index (χ1n) is 8.02. The second-order valence-corrected chi connectivity index (χ2v) is 6.80. The highest BCUT2D eigenvalue weighted by Crippen LogP contribution is 2.39. The Bertz CT molecular complexity index is 804. The first-order chi connectivity index (χ1) is 11.4. The molecule has 124 valence electrons. The fourth-order valence-electron chi connectivity index (χ4n) is 2.93. The third-order valence-electron chi connectivity index (χ3n) is 4.54. The molecule has 0 atom stereocenters. The van der Waals surface area contributed by atoms with Crippen LogP contribution in [-0.4, -0.2) is 22.7 Å². The number of carboxylic acids is 1. The van der Waals surface area contributed by atoms with Gasteiger partial charge in [0.05, 0.1) is 6.61 Å². The van der Waals surface area contributed by atoms with Gasteiger partial charge in [0.15, 0.2) is 0 Å². The minimum Gasteiger partial charge on any atom is -0.493 e. The number of carbonyl (C=O) groups is 1. The van der Waals surface area contributed by atoms with Gasteiger partial charge in [-0.2, -0.15) is 0 Å². The number of aromatic nitrogens is 1. The number of rotatable bonds is 3. The molecule has 24 heavy (non-hydrogen) atoms. The monoisotopic (exact) mass is 323 g/mol. The molecule has 4 heteroatoms. The molecule has 1 aliphatic rings. The maximum absolute atomic E-state index is 10.9. The zero-order chi connectivity index (χ0) is 17.3. The molecule has 1 aliphatic heterocycles. The van der Waals surface area contributed by atoms with E-state index in [0.717, 1.165) is 35.5 Å². The van der Waals surface area contributed by atoms with Gasteiger partial charge in [0.25, 0.3) is 0 Å². The van der Waals surface area contributed by atoms with Crippen molar-refractivity contribution in [2.75, 3.05) is 6.61 Å². The van der Waals surface area contributed by atoms with E-state index in [0.29, 0.717) is 0 Å². The maximum Gasteiger partial charge on any atom is 0.354 e. The third kappa shape index (κ3) is 3.18. The molecule has 4 nitrogen and oxygen atoms in total. The number of nitrogens with zero attached hydrogens (tertiary/aromatic N) is 1. The summed E-state index contributed by atoms with van der Waals surface area (Å²) in [5.41, 5.74) is 4.51. The van der Waals surface area contributed by atoms with Gasteiger partial charge in [-0.3, -0.25) is 0 Å². The summed E-state index contributed by atoms with van der Waals surface area (Å²) in [6.07, 6.45) is 4.60. The molecule has 0 radical (unpaired) electrons. The quantitative estimate of drug-likeness (QED) is 0.909. The maximum atomic E-state index is 10.9. The zero-order valence-corrected chi connectivity index (χ0v) is 14.2. The van der Waals surface area contributed by atoms with E-state index in [4.69, 9.17) is 9.84 Å². The number of ether oxygens (including phenoxy) is 1. The largest absolute Gasteiger partial charge is 0.493 e. The van der Waals surface area contributed by atoms with Crippen LogP contribution in [0.4, 0.5) is 0 Å². The molecule has 3 rings (SSSR count). The van der Waals surface area contributed by atoms with Gasteiger partial charge in [-0.25, -0.2) is 9.78 Å². The van der Waals surface area contributed by atoms with Crippen molar-refractivity contribution in [1.29, 1.82) is 0 Å². The molecule has 0 bridgehead atoms. The van der Waals surface area contributed by atoms with Crippen LogP contribution in [-0.2, 0) is 5.41 Å². The number of allylic oxidation sites excluding steroid dienone is 1. The Hall–Kier alpha value is -2.62. The predicted molar refractivity (Wildman–Crippen MR) is 94.3 cm³/mol. The molecule has 0 saturated carbocycles. The molecule has 2 heterocycles. The second kappa shape index (κ2) is 6.11. The Balaban J connectivity index is 1.92. The summed E-state index contributed by atoms with van der Waals surface area (Å²) in [7, 11) is 0. The molecule has 0 spiro atoms. The molecule has 0 fully saturated rings. The summed E-state index contributed by atoms with van der Waals surface area (Å²) in [5, 5.41) is 8.91. The van der Waals surface area contributed by atoms with Gasteiger partial charge < -0.3 is 9.84 Å². The highest BCUT2D eigenvalue weighted by molar-refractivity contribution is 5.86. The SMILES string of the molecule is C/C(=C\c1ccc(C(=O)O)nc1)c1ccc2c(c1)C(C)(C)CCO2. The highest BCUT2D eigenvalue weighted by Gasteiger charge is 2.28. The molecule has 2 aromatic rings. The van der Waals surface area contributed by atoms with E-state index in [1.165, 1.54) is 11.6 Å². The average molecular weight is 323 g/mol. The predicted octanol–water partition coefficient (Wildman–Crippen LogP) is 4.40. The molecule has 0 saturated heterocycles. The van der Waals surface area contributed by atoms with Crippen molar-refractivity contribution < 1.29 is 14.6 Å². The molecule has 0 unspecified atom stereocenters. The smallest absolute Gasteiger partial charge is 0.354 e. The lowest BCUT2D eigenvalue weighted by atomic mass is 9.79. The van der Waals surface area contributed by atoms with Gasteiger partial charge in [0.2, 0.25) is 0 Å².